The van der Waals surface area contributed by atoms with Crippen molar-refractivity contribution in [1.29, 1.82) is 0 Å². The van der Waals surface area contributed by atoms with Crippen LogP contribution in [0.25, 0.3) is 11.5 Å². The number of halogens is 1. The first kappa shape index (κ1) is 11.3. The number of imidazole rings is 1. The number of furan rings is 1. The number of carboxylic acid groups (broad SMARTS) is 1. The monoisotopic (exact) mass is 302 g/mol. The fourth-order valence-corrected chi connectivity index (χ4v) is 1.97. The summed E-state index contributed by atoms with van der Waals surface area (Å²) in [5, 5.41) is 9.07. The van der Waals surface area contributed by atoms with E-state index in [4.69, 9.17) is 9.52 Å². The van der Waals surface area contributed by atoms with Crippen LogP contribution in [-0.4, -0.2) is 26.8 Å². The molecule has 0 bridgehead atoms. The summed E-state index contributed by atoms with van der Waals surface area (Å²) in [4.78, 5) is 17.4. The van der Waals surface area contributed by atoms with E-state index in [0.29, 0.717) is 15.6 Å². The van der Waals surface area contributed by atoms with E-state index in [9.17, 15) is 4.79 Å². The van der Waals surface area contributed by atoms with Gasteiger partial charge in [0.1, 0.15) is 5.69 Å². The van der Waals surface area contributed by atoms with Crippen molar-refractivity contribution in [1.82, 2.24) is 9.97 Å². The molecule has 0 spiro atoms. The Labute approximate surface area is 103 Å². The topological polar surface area (TPSA) is 79.1 Å². The predicted molar refractivity (Wildman–Crippen MR) is 62.3 cm³/mol. The molecule has 0 fully saturated rings. The maximum Gasteiger partial charge on any atom is 0.313 e. The van der Waals surface area contributed by atoms with Gasteiger partial charge >= 0.3 is 5.97 Å². The van der Waals surface area contributed by atoms with Gasteiger partial charge in [0.15, 0.2) is 15.6 Å². The lowest BCUT2D eigenvalue weighted by Crippen LogP contribution is -1.97. The van der Waals surface area contributed by atoms with Gasteiger partial charge in [-0.25, -0.2) is 4.98 Å². The van der Waals surface area contributed by atoms with E-state index >= 15 is 0 Å². The van der Waals surface area contributed by atoms with Crippen LogP contribution in [0.3, 0.4) is 0 Å². The van der Waals surface area contributed by atoms with Gasteiger partial charge in [-0.2, -0.15) is 0 Å². The van der Waals surface area contributed by atoms with Gasteiger partial charge in [0.05, 0.1) is 11.9 Å². The summed E-state index contributed by atoms with van der Waals surface area (Å²) < 4.78 is 5.96. The van der Waals surface area contributed by atoms with Gasteiger partial charge in [-0.05, 0) is 28.1 Å². The summed E-state index contributed by atoms with van der Waals surface area (Å²) in [6.45, 7) is 0. The molecule has 2 heterocycles. The number of aromatic nitrogens is 2. The molecule has 0 aliphatic carbocycles. The van der Waals surface area contributed by atoms with E-state index in [-0.39, 0.29) is 5.75 Å². The molecule has 2 rings (SSSR count). The predicted octanol–water partition coefficient (Wildman–Crippen LogP) is 2.61. The van der Waals surface area contributed by atoms with E-state index in [2.05, 4.69) is 25.9 Å². The number of hydrogen-bond donors (Lipinski definition) is 2. The highest BCUT2D eigenvalue weighted by molar-refractivity contribution is 9.10. The number of H-pyrrole nitrogens is 1. The van der Waals surface area contributed by atoms with Crippen LogP contribution >= 0.6 is 27.7 Å². The van der Waals surface area contributed by atoms with E-state index in [1.165, 1.54) is 0 Å². The second-order valence-corrected chi connectivity index (χ2v) is 4.63. The minimum atomic E-state index is -0.872. The van der Waals surface area contributed by atoms with E-state index in [0.717, 1.165) is 17.5 Å². The quantitative estimate of drug-likeness (QED) is 0.849. The Hall–Kier alpha value is -1.21. The van der Waals surface area contributed by atoms with Crippen LogP contribution < -0.4 is 0 Å². The molecule has 0 radical (unpaired) electrons. The van der Waals surface area contributed by atoms with E-state index in [1.54, 1.807) is 18.3 Å². The molecule has 2 N–H and O–H groups in total. The molecule has 0 aliphatic rings. The van der Waals surface area contributed by atoms with Gasteiger partial charge in [-0.3, -0.25) is 4.79 Å². The Morgan fingerprint density at radius 2 is 2.44 bits per heavy atom. The number of carbonyl (C=O) groups is 1. The van der Waals surface area contributed by atoms with Crippen LogP contribution in [0, 0.1) is 0 Å². The molecule has 0 amide bonds. The molecule has 2 aromatic heterocycles. The Morgan fingerprint density at radius 1 is 1.62 bits per heavy atom. The molecular weight excluding hydrogens is 296 g/mol. The van der Waals surface area contributed by atoms with Gasteiger partial charge in [-0.1, -0.05) is 11.8 Å². The fourth-order valence-electron chi connectivity index (χ4n) is 1.09. The third-order valence-electron chi connectivity index (χ3n) is 1.72. The van der Waals surface area contributed by atoms with Crippen LogP contribution in [0.5, 0.6) is 0 Å². The van der Waals surface area contributed by atoms with Crippen LogP contribution in [0.2, 0.25) is 0 Å². The second-order valence-electron chi connectivity index (χ2n) is 2.89. The van der Waals surface area contributed by atoms with Crippen LogP contribution in [0.15, 0.2) is 32.6 Å². The molecule has 16 heavy (non-hydrogen) atoms. The molecule has 84 valence electrons. The first-order chi connectivity index (χ1) is 7.65. The highest BCUT2D eigenvalue weighted by Gasteiger charge is 2.08. The Kier molecular flexibility index (Phi) is 3.35. The van der Waals surface area contributed by atoms with Crippen molar-refractivity contribution in [3.05, 3.63) is 23.0 Å². The normalized spacial score (nSPS) is 10.6. The molecule has 0 saturated heterocycles. The largest absolute Gasteiger partial charge is 0.481 e. The number of rotatable bonds is 4. The Morgan fingerprint density at radius 3 is 3.06 bits per heavy atom. The summed E-state index contributed by atoms with van der Waals surface area (Å²) in [6.07, 6.45) is 1.61. The van der Waals surface area contributed by atoms with E-state index < -0.39 is 5.97 Å². The Balaban J connectivity index is 2.10. The maximum atomic E-state index is 10.4. The molecule has 0 aliphatic heterocycles. The average Bonchev–Trinajstić information content (AvgIpc) is 2.83. The van der Waals surface area contributed by atoms with Crippen molar-refractivity contribution in [2.24, 2.45) is 0 Å². The van der Waals surface area contributed by atoms with Gasteiger partial charge < -0.3 is 14.5 Å². The zero-order valence-electron chi connectivity index (χ0n) is 7.94. The van der Waals surface area contributed by atoms with Crippen LogP contribution in [0.4, 0.5) is 0 Å². The summed E-state index contributed by atoms with van der Waals surface area (Å²) in [7, 11) is 0. The number of nitrogens with one attached hydrogen (secondary N) is 1. The summed E-state index contributed by atoms with van der Waals surface area (Å²) in [6, 6.07) is 3.57. The van der Waals surface area contributed by atoms with Gasteiger partial charge in [0, 0.05) is 0 Å². The molecule has 0 saturated carbocycles. The molecule has 0 aromatic carbocycles. The molecule has 2 aromatic rings. The number of thioether (sulfide) groups is 1. The van der Waals surface area contributed by atoms with Crippen molar-refractivity contribution >= 4 is 33.7 Å². The minimum Gasteiger partial charge on any atom is -0.481 e. The third-order valence-corrected chi connectivity index (χ3v) is 3.02. The smallest absolute Gasteiger partial charge is 0.313 e. The van der Waals surface area contributed by atoms with Crippen LogP contribution in [-0.2, 0) is 4.79 Å². The number of hydrogen-bond acceptors (Lipinski definition) is 4. The van der Waals surface area contributed by atoms with Gasteiger partial charge in [0.2, 0.25) is 0 Å². The molecule has 5 nitrogen and oxygen atoms in total. The van der Waals surface area contributed by atoms with Crippen molar-refractivity contribution in [3.8, 4) is 11.5 Å². The lowest BCUT2D eigenvalue weighted by Gasteiger charge is -1.92. The van der Waals surface area contributed by atoms with E-state index in [1.807, 2.05) is 0 Å². The minimum absolute atomic E-state index is 0.0190. The molecule has 0 atom stereocenters. The number of carboxylic acids is 1. The Bertz CT molecular complexity index is 508. The fraction of sp³-hybridized carbons (Fsp3) is 0.111. The number of nitrogens with zero attached hydrogens (tertiary/aromatic N) is 1. The van der Waals surface area contributed by atoms with Crippen molar-refractivity contribution in [3.63, 3.8) is 0 Å². The van der Waals surface area contributed by atoms with Gasteiger partial charge in [-0.15, -0.1) is 0 Å². The first-order valence-electron chi connectivity index (χ1n) is 4.30. The average molecular weight is 303 g/mol. The number of aromatic amines is 1. The SMILES string of the molecule is O=C(O)CSc1ncc(-c2ccc(Br)o2)[nH]1. The zero-order chi connectivity index (χ0) is 11.5. The maximum absolute atomic E-state index is 10.4. The summed E-state index contributed by atoms with van der Waals surface area (Å²) in [5.74, 6) is -0.236. The molecule has 7 heteroatoms. The zero-order valence-corrected chi connectivity index (χ0v) is 10.3. The summed E-state index contributed by atoms with van der Waals surface area (Å²) in [5.41, 5.74) is 0.721. The third kappa shape index (κ3) is 2.67. The lowest BCUT2D eigenvalue weighted by molar-refractivity contribution is -0.133. The number of aliphatic carboxylic acids is 1. The standard InChI is InChI=1S/C9H7BrN2O3S/c10-7-2-1-6(15-7)5-3-11-9(12-5)16-4-8(13)14/h1-3H,4H2,(H,11,12)(H,13,14). The van der Waals surface area contributed by atoms with Crippen molar-refractivity contribution < 1.29 is 14.3 Å². The first-order valence-corrected chi connectivity index (χ1v) is 6.08. The highest BCUT2D eigenvalue weighted by atomic mass is 79.9. The summed E-state index contributed by atoms with van der Waals surface area (Å²) >= 11 is 4.33. The highest BCUT2D eigenvalue weighted by Crippen LogP contribution is 2.25. The van der Waals surface area contributed by atoms with Crippen molar-refractivity contribution in [2.75, 3.05) is 5.75 Å². The lowest BCUT2D eigenvalue weighted by atomic mass is 10.4. The second kappa shape index (κ2) is 4.75. The van der Waals surface area contributed by atoms with Gasteiger partial charge in [0.25, 0.3) is 0 Å². The molecular formula is C9H7BrN2O3S. The van der Waals surface area contributed by atoms with Crippen molar-refractivity contribution in [2.45, 2.75) is 5.16 Å². The molecule has 0 unspecified atom stereocenters. The van der Waals surface area contributed by atoms with Crippen LogP contribution in [0.1, 0.15) is 0 Å².